The summed E-state index contributed by atoms with van der Waals surface area (Å²) in [6.07, 6.45) is -0.526. The zero-order valence-electron chi connectivity index (χ0n) is 8.09. The Hall–Kier alpha value is -0.610. The van der Waals surface area contributed by atoms with Crippen molar-refractivity contribution in [2.75, 3.05) is 5.32 Å². The van der Waals surface area contributed by atoms with Gasteiger partial charge in [-0.2, -0.15) is 0 Å². The predicted octanol–water partition coefficient (Wildman–Crippen LogP) is 2.77. The topological polar surface area (TPSA) is 32.3 Å². The van der Waals surface area contributed by atoms with Crippen LogP contribution in [0.1, 0.15) is 13.8 Å². The Balaban J connectivity index is 2.85. The van der Waals surface area contributed by atoms with E-state index in [1.165, 1.54) is 6.07 Å². The zero-order chi connectivity index (χ0) is 10.7. The molecule has 1 rings (SSSR count). The number of rotatable bonds is 3. The Kier molecular flexibility index (Phi) is 3.89. The first-order chi connectivity index (χ1) is 6.52. The molecule has 14 heavy (non-hydrogen) atoms. The number of para-hydroxylation sites is 1. The molecule has 0 heterocycles. The van der Waals surface area contributed by atoms with E-state index >= 15 is 0 Å². The summed E-state index contributed by atoms with van der Waals surface area (Å²) in [4.78, 5) is 0. The molecule has 1 aromatic rings. The number of aliphatic hydroxyl groups excluding tert-OH is 1. The van der Waals surface area contributed by atoms with Crippen LogP contribution in [-0.2, 0) is 0 Å². The molecule has 0 aliphatic rings. The summed E-state index contributed by atoms with van der Waals surface area (Å²) in [5.74, 6) is -0.327. The molecule has 0 saturated carbocycles. The van der Waals surface area contributed by atoms with E-state index in [2.05, 4.69) is 21.2 Å². The van der Waals surface area contributed by atoms with Gasteiger partial charge in [-0.05, 0) is 41.9 Å². The highest BCUT2D eigenvalue weighted by atomic mass is 79.9. The van der Waals surface area contributed by atoms with Crippen molar-refractivity contribution in [1.29, 1.82) is 0 Å². The number of benzene rings is 1. The lowest BCUT2D eigenvalue weighted by Gasteiger charge is -2.19. The van der Waals surface area contributed by atoms with Crippen LogP contribution in [0, 0.1) is 5.82 Å². The van der Waals surface area contributed by atoms with Crippen LogP contribution in [0.4, 0.5) is 10.1 Å². The number of anilines is 1. The number of hydrogen-bond acceptors (Lipinski definition) is 2. The van der Waals surface area contributed by atoms with Gasteiger partial charge in [0, 0.05) is 10.5 Å². The summed E-state index contributed by atoms with van der Waals surface area (Å²) in [5.41, 5.74) is 0.390. The molecular formula is C10H13BrFNO. The number of aliphatic hydroxyl groups is 1. The van der Waals surface area contributed by atoms with Crippen LogP contribution >= 0.6 is 15.9 Å². The number of nitrogens with one attached hydrogen (secondary N) is 1. The first-order valence-corrected chi connectivity index (χ1v) is 5.20. The molecule has 0 aliphatic carbocycles. The second-order valence-corrected chi connectivity index (χ2v) is 4.12. The molecule has 2 atom stereocenters. The first kappa shape index (κ1) is 11.5. The van der Waals surface area contributed by atoms with Gasteiger partial charge in [0.1, 0.15) is 5.82 Å². The summed E-state index contributed by atoms with van der Waals surface area (Å²) in [5, 5.41) is 12.2. The van der Waals surface area contributed by atoms with Gasteiger partial charge in [0.2, 0.25) is 0 Å². The SMILES string of the molecule is CC(O)C(C)Nc1c(F)cccc1Br. The quantitative estimate of drug-likeness (QED) is 0.877. The van der Waals surface area contributed by atoms with Gasteiger partial charge in [-0.1, -0.05) is 6.07 Å². The van der Waals surface area contributed by atoms with Crippen molar-refractivity contribution < 1.29 is 9.50 Å². The molecule has 2 N–H and O–H groups in total. The zero-order valence-corrected chi connectivity index (χ0v) is 9.68. The average Bonchev–Trinajstić information content (AvgIpc) is 2.11. The molecule has 0 aliphatic heterocycles. The molecule has 4 heteroatoms. The second kappa shape index (κ2) is 4.75. The maximum atomic E-state index is 13.3. The molecule has 0 saturated heterocycles. The van der Waals surface area contributed by atoms with Crippen LogP contribution in [0.2, 0.25) is 0 Å². The van der Waals surface area contributed by atoms with E-state index in [-0.39, 0.29) is 11.9 Å². The molecule has 0 fully saturated rings. The summed E-state index contributed by atoms with van der Waals surface area (Å²) in [6.45, 7) is 3.45. The lowest BCUT2D eigenvalue weighted by atomic mass is 10.2. The average molecular weight is 262 g/mol. The minimum Gasteiger partial charge on any atom is -0.391 e. The summed E-state index contributed by atoms with van der Waals surface area (Å²) < 4.78 is 14.0. The van der Waals surface area contributed by atoms with Crippen molar-refractivity contribution in [3.8, 4) is 0 Å². The van der Waals surface area contributed by atoms with E-state index in [1.54, 1.807) is 26.0 Å². The Morgan fingerprint density at radius 1 is 1.43 bits per heavy atom. The van der Waals surface area contributed by atoms with Crippen LogP contribution in [0.25, 0.3) is 0 Å². The van der Waals surface area contributed by atoms with Gasteiger partial charge in [-0.25, -0.2) is 4.39 Å². The van der Waals surface area contributed by atoms with Gasteiger partial charge in [0.05, 0.1) is 11.8 Å². The largest absolute Gasteiger partial charge is 0.391 e. The van der Waals surface area contributed by atoms with E-state index < -0.39 is 6.10 Å². The van der Waals surface area contributed by atoms with E-state index in [1.807, 2.05) is 0 Å². The lowest BCUT2D eigenvalue weighted by Crippen LogP contribution is -2.28. The minimum atomic E-state index is -0.526. The van der Waals surface area contributed by atoms with Gasteiger partial charge in [0.25, 0.3) is 0 Å². The molecule has 0 aromatic heterocycles. The minimum absolute atomic E-state index is 0.191. The smallest absolute Gasteiger partial charge is 0.147 e. The van der Waals surface area contributed by atoms with Gasteiger partial charge < -0.3 is 10.4 Å². The molecule has 0 spiro atoms. The highest BCUT2D eigenvalue weighted by molar-refractivity contribution is 9.10. The lowest BCUT2D eigenvalue weighted by molar-refractivity contribution is 0.177. The predicted molar refractivity (Wildman–Crippen MR) is 58.9 cm³/mol. The standard InChI is InChI=1S/C10H13BrFNO/c1-6(7(2)14)13-10-8(11)4-3-5-9(10)12/h3-7,13-14H,1-2H3. The van der Waals surface area contributed by atoms with E-state index in [0.717, 1.165) is 0 Å². The third-order valence-corrected chi connectivity index (χ3v) is 2.72. The van der Waals surface area contributed by atoms with E-state index in [9.17, 15) is 9.50 Å². The fourth-order valence-corrected chi connectivity index (χ4v) is 1.44. The van der Waals surface area contributed by atoms with Crippen molar-refractivity contribution >= 4 is 21.6 Å². The summed E-state index contributed by atoms with van der Waals surface area (Å²) in [6, 6.07) is 4.56. The van der Waals surface area contributed by atoms with Gasteiger partial charge >= 0.3 is 0 Å². The van der Waals surface area contributed by atoms with Crippen molar-refractivity contribution in [1.82, 2.24) is 0 Å². The van der Waals surface area contributed by atoms with Gasteiger partial charge in [-0.3, -0.25) is 0 Å². The molecule has 1 aromatic carbocycles. The number of halogens is 2. The monoisotopic (exact) mass is 261 g/mol. The van der Waals surface area contributed by atoms with Gasteiger partial charge in [0.15, 0.2) is 0 Å². The molecule has 0 radical (unpaired) electrons. The molecule has 2 unspecified atom stereocenters. The van der Waals surface area contributed by atoms with E-state index in [0.29, 0.717) is 10.2 Å². The van der Waals surface area contributed by atoms with E-state index in [4.69, 9.17) is 0 Å². The molecular weight excluding hydrogens is 249 g/mol. The first-order valence-electron chi connectivity index (χ1n) is 4.41. The van der Waals surface area contributed by atoms with Crippen molar-refractivity contribution in [2.24, 2.45) is 0 Å². The van der Waals surface area contributed by atoms with Crippen molar-refractivity contribution in [2.45, 2.75) is 26.0 Å². The van der Waals surface area contributed by atoms with Crippen LogP contribution < -0.4 is 5.32 Å². The highest BCUT2D eigenvalue weighted by Gasteiger charge is 2.12. The molecule has 0 bridgehead atoms. The maximum absolute atomic E-state index is 13.3. The van der Waals surface area contributed by atoms with Crippen molar-refractivity contribution in [3.05, 3.63) is 28.5 Å². The Morgan fingerprint density at radius 3 is 2.57 bits per heavy atom. The van der Waals surface area contributed by atoms with Crippen LogP contribution in [0.3, 0.4) is 0 Å². The second-order valence-electron chi connectivity index (χ2n) is 3.27. The third-order valence-electron chi connectivity index (χ3n) is 2.06. The van der Waals surface area contributed by atoms with Crippen LogP contribution in [-0.4, -0.2) is 17.3 Å². The Labute approximate surface area is 91.3 Å². The van der Waals surface area contributed by atoms with Crippen LogP contribution in [0.5, 0.6) is 0 Å². The highest BCUT2D eigenvalue weighted by Crippen LogP contribution is 2.26. The van der Waals surface area contributed by atoms with Gasteiger partial charge in [-0.15, -0.1) is 0 Å². The van der Waals surface area contributed by atoms with Crippen LogP contribution in [0.15, 0.2) is 22.7 Å². The normalized spacial score (nSPS) is 14.9. The summed E-state index contributed by atoms with van der Waals surface area (Å²) >= 11 is 3.24. The fourth-order valence-electron chi connectivity index (χ4n) is 0.984. The third kappa shape index (κ3) is 2.69. The molecule has 0 amide bonds. The molecule has 78 valence electrons. The van der Waals surface area contributed by atoms with Crippen molar-refractivity contribution in [3.63, 3.8) is 0 Å². The number of hydrogen-bond donors (Lipinski definition) is 2. The maximum Gasteiger partial charge on any atom is 0.147 e. The summed E-state index contributed by atoms with van der Waals surface area (Å²) in [7, 11) is 0. The Bertz CT molecular complexity index is 297. The molecule has 2 nitrogen and oxygen atoms in total. The Morgan fingerprint density at radius 2 is 2.07 bits per heavy atom. The fraction of sp³-hybridized carbons (Fsp3) is 0.400.